The summed E-state index contributed by atoms with van der Waals surface area (Å²) in [5, 5.41) is 14.6. The summed E-state index contributed by atoms with van der Waals surface area (Å²) < 4.78 is 15.2. The molecule has 0 radical (unpaired) electrons. The van der Waals surface area contributed by atoms with Crippen LogP contribution in [0.3, 0.4) is 0 Å². The molecular weight excluding hydrogens is 415 g/mol. The largest absolute Gasteiger partial charge is 0.477 e. The molecule has 0 saturated carbocycles. The average Bonchev–Trinajstić information content (AvgIpc) is 3.03. The highest BCUT2D eigenvalue weighted by Crippen LogP contribution is 2.30. The molecule has 3 aromatic carbocycles. The minimum atomic E-state index is -1.01. The molecule has 158 valence electrons. The van der Waals surface area contributed by atoms with Gasteiger partial charge in [-0.2, -0.15) is 0 Å². The van der Waals surface area contributed by atoms with E-state index in [0.717, 1.165) is 27.6 Å². The lowest BCUT2D eigenvalue weighted by Crippen LogP contribution is -2.17. The van der Waals surface area contributed by atoms with Gasteiger partial charge in [0.25, 0.3) is 0 Å². The van der Waals surface area contributed by atoms with Crippen molar-refractivity contribution < 1.29 is 14.3 Å². The van der Waals surface area contributed by atoms with Crippen LogP contribution in [0.4, 0.5) is 4.39 Å². The molecular formula is C25H22ClFN2O2. The molecule has 0 atom stereocenters. The summed E-state index contributed by atoms with van der Waals surface area (Å²) in [5.41, 5.74) is 4.55. The SMILES string of the molecule is Cc1ccc2c(CNCc3ccccc3)c(C(=O)O)n(Cc3ccc(F)cc3Cl)c2c1. The molecule has 0 amide bonds. The fourth-order valence-electron chi connectivity index (χ4n) is 3.87. The maximum Gasteiger partial charge on any atom is 0.352 e. The Bertz CT molecular complexity index is 1250. The second-order valence-corrected chi connectivity index (χ2v) is 7.97. The van der Waals surface area contributed by atoms with Gasteiger partial charge in [0.15, 0.2) is 0 Å². The Morgan fingerprint density at radius 2 is 1.84 bits per heavy atom. The van der Waals surface area contributed by atoms with Gasteiger partial charge in [0.2, 0.25) is 0 Å². The summed E-state index contributed by atoms with van der Waals surface area (Å²) in [5.74, 6) is -1.44. The van der Waals surface area contributed by atoms with Gasteiger partial charge in [-0.3, -0.25) is 0 Å². The van der Waals surface area contributed by atoms with Gasteiger partial charge in [0.05, 0.1) is 0 Å². The van der Waals surface area contributed by atoms with Gasteiger partial charge >= 0.3 is 5.97 Å². The number of hydrogen-bond donors (Lipinski definition) is 2. The molecule has 1 aromatic heterocycles. The zero-order valence-corrected chi connectivity index (χ0v) is 17.8. The van der Waals surface area contributed by atoms with Crippen LogP contribution in [0.5, 0.6) is 0 Å². The predicted octanol–water partition coefficient (Wildman–Crippen LogP) is 5.78. The van der Waals surface area contributed by atoms with E-state index in [1.807, 2.05) is 55.5 Å². The van der Waals surface area contributed by atoms with Crippen molar-refractivity contribution in [3.05, 3.63) is 106 Å². The standard InChI is InChI=1S/C25H22ClFN2O2/c1-16-7-10-20-21(14-28-13-17-5-3-2-4-6-17)24(25(30)31)29(23(20)11-16)15-18-8-9-19(27)12-22(18)26/h2-12,28H,13-15H2,1H3,(H,30,31). The summed E-state index contributed by atoms with van der Waals surface area (Å²) in [6.07, 6.45) is 0. The Morgan fingerprint density at radius 3 is 2.55 bits per heavy atom. The highest BCUT2D eigenvalue weighted by Gasteiger charge is 2.23. The second-order valence-electron chi connectivity index (χ2n) is 7.56. The maximum atomic E-state index is 13.5. The first-order valence-electron chi connectivity index (χ1n) is 9.97. The fraction of sp³-hybridized carbons (Fsp3) is 0.160. The highest BCUT2D eigenvalue weighted by atomic mass is 35.5. The summed E-state index contributed by atoms with van der Waals surface area (Å²) in [7, 11) is 0. The van der Waals surface area contributed by atoms with Crippen LogP contribution >= 0.6 is 11.6 Å². The molecule has 4 rings (SSSR count). The molecule has 6 heteroatoms. The first-order valence-corrected chi connectivity index (χ1v) is 10.4. The summed E-state index contributed by atoms with van der Waals surface area (Å²) in [4.78, 5) is 12.3. The molecule has 31 heavy (non-hydrogen) atoms. The van der Waals surface area contributed by atoms with Gasteiger partial charge in [0.1, 0.15) is 11.5 Å². The highest BCUT2D eigenvalue weighted by molar-refractivity contribution is 6.31. The number of carboxylic acids is 1. The third-order valence-electron chi connectivity index (χ3n) is 5.34. The number of rotatable bonds is 7. The average molecular weight is 437 g/mol. The number of aromatic carboxylic acids is 1. The number of carboxylic acid groups (broad SMARTS) is 1. The van der Waals surface area contributed by atoms with Crippen molar-refractivity contribution >= 4 is 28.5 Å². The van der Waals surface area contributed by atoms with Crippen molar-refractivity contribution in [3.8, 4) is 0 Å². The molecule has 0 spiro atoms. The molecule has 0 fully saturated rings. The van der Waals surface area contributed by atoms with E-state index in [4.69, 9.17) is 11.6 Å². The molecule has 0 aliphatic rings. The van der Waals surface area contributed by atoms with Crippen LogP contribution in [0.25, 0.3) is 10.9 Å². The summed E-state index contributed by atoms with van der Waals surface area (Å²) in [6, 6.07) is 20.0. The molecule has 4 nitrogen and oxygen atoms in total. The Balaban J connectivity index is 1.76. The smallest absolute Gasteiger partial charge is 0.352 e. The van der Waals surface area contributed by atoms with Crippen molar-refractivity contribution in [3.63, 3.8) is 0 Å². The monoisotopic (exact) mass is 436 g/mol. The lowest BCUT2D eigenvalue weighted by molar-refractivity contribution is 0.0684. The topological polar surface area (TPSA) is 54.3 Å². The van der Waals surface area contributed by atoms with E-state index in [-0.39, 0.29) is 17.3 Å². The molecule has 0 aliphatic heterocycles. The van der Waals surface area contributed by atoms with Crippen LogP contribution in [0.1, 0.15) is 32.7 Å². The first-order chi connectivity index (χ1) is 14.9. The number of fused-ring (bicyclic) bond motifs is 1. The number of aromatic nitrogens is 1. The number of nitrogens with zero attached hydrogens (tertiary/aromatic N) is 1. The predicted molar refractivity (Wildman–Crippen MR) is 121 cm³/mol. The molecule has 4 aromatic rings. The van der Waals surface area contributed by atoms with Crippen LogP contribution in [0.2, 0.25) is 5.02 Å². The van der Waals surface area contributed by atoms with Gasteiger partial charge in [-0.1, -0.05) is 60.1 Å². The lowest BCUT2D eigenvalue weighted by Gasteiger charge is -2.11. The van der Waals surface area contributed by atoms with Crippen LogP contribution in [0, 0.1) is 12.7 Å². The zero-order chi connectivity index (χ0) is 22.0. The summed E-state index contributed by atoms with van der Waals surface area (Å²) >= 11 is 6.24. The Morgan fingerprint density at radius 1 is 1.06 bits per heavy atom. The van der Waals surface area contributed by atoms with Crippen molar-refractivity contribution in [2.45, 2.75) is 26.6 Å². The first kappa shape index (κ1) is 21.1. The third-order valence-corrected chi connectivity index (χ3v) is 5.70. The summed E-state index contributed by atoms with van der Waals surface area (Å²) in [6.45, 7) is 3.23. The van der Waals surface area contributed by atoms with Gasteiger partial charge in [0, 0.05) is 41.1 Å². The van der Waals surface area contributed by atoms with Gasteiger partial charge < -0.3 is 15.0 Å². The number of benzene rings is 3. The van der Waals surface area contributed by atoms with Crippen LogP contribution in [-0.4, -0.2) is 15.6 Å². The van der Waals surface area contributed by atoms with E-state index in [1.54, 1.807) is 10.6 Å². The van der Waals surface area contributed by atoms with Gasteiger partial charge in [-0.15, -0.1) is 0 Å². The van der Waals surface area contributed by atoms with Crippen molar-refractivity contribution in [2.24, 2.45) is 0 Å². The van der Waals surface area contributed by atoms with Crippen molar-refractivity contribution in [2.75, 3.05) is 0 Å². The number of carbonyl (C=O) groups is 1. The Kier molecular flexibility index (Phi) is 6.07. The quantitative estimate of drug-likeness (QED) is 0.386. The molecule has 0 aliphatic carbocycles. The zero-order valence-electron chi connectivity index (χ0n) is 17.0. The van der Waals surface area contributed by atoms with E-state index >= 15 is 0 Å². The normalized spacial score (nSPS) is 11.2. The van der Waals surface area contributed by atoms with Gasteiger partial charge in [-0.05, 0) is 41.8 Å². The van der Waals surface area contributed by atoms with Gasteiger partial charge in [-0.25, -0.2) is 9.18 Å². The van der Waals surface area contributed by atoms with E-state index in [9.17, 15) is 14.3 Å². The minimum Gasteiger partial charge on any atom is -0.477 e. The van der Waals surface area contributed by atoms with E-state index < -0.39 is 11.8 Å². The number of hydrogen-bond acceptors (Lipinski definition) is 2. The minimum absolute atomic E-state index is 0.210. The van der Waals surface area contributed by atoms with Crippen LogP contribution in [0.15, 0.2) is 66.7 Å². The molecule has 1 heterocycles. The third kappa shape index (κ3) is 4.48. The van der Waals surface area contributed by atoms with E-state index in [0.29, 0.717) is 18.7 Å². The van der Waals surface area contributed by atoms with Crippen LogP contribution < -0.4 is 5.32 Å². The molecule has 2 N–H and O–H groups in total. The van der Waals surface area contributed by atoms with Crippen LogP contribution in [-0.2, 0) is 19.6 Å². The van der Waals surface area contributed by atoms with E-state index in [2.05, 4.69) is 5.32 Å². The fourth-order valence-corrected chi connectivity index (χ4v) is 4.09. The molecule has 0 bridgehead atoms. The van der Waals surface area contributed by atoms with Crippen molar-refractivity contribution in [1.82, 2.24) is 9.88 Å². The number of nitrogens with one attached hydrogen (secondary N) is 1. The Hall–Kier alpha value is -3.15. The molecule has 0 saturated heterocycles. The number of halogens is 2. The number of aryl methyl sites for hydroxylation is 1. The Labute approximate surface area is 184 Å². The lowest BCUT2D eigenvalue weighted by atomic mass is 10.1. The maximum absolute atomic E-state index is 13.5. The molecule has 0 unspecified atom stereocenters. The van der Waals surface area contributed by atoms with E-state index in [1.165, 1.54) is 12.1 Å². The van der Waals surface area contributed by atoms with Crippen molar-refractivity contribution in [1.29, 1.82) is 0 Å². The second kappa shape index (κ2) is 8.92.